The zero-order valence-corrected chi connectivity index (χ0v) is 12.4. The molecule has 5 N–H and O–H groups in total. The van der Waals surface area contributed by atoms with Gasteiger partial charge in [0, 0.05) is 11.3 Å². The van der Waals surface area contributed by atoms with E-state index in [1.165, 1.54) is 18.2 Å². The van der Waals surface area contributed by atoms with Crippen LogP contribution in [0, 0.1) is 5.41 Å². The minimum Gasteiger partial charge on any atom is -0.453 e. The smallest absolute Gasteiger partial charge is 0.418 e. The maximum atomic E-state index is 12.7. The molecule has 1 aromatic heterocycles. The van der Waals surface area contributed by atoms with Crippen LogP contribution in [0.25, 0.3) is 11.3 Å². The van der Waals surface area contributed by atoms with Crippen molar-refractivity contribution in [1.29, 1.82) is 5.41 Å². The first-order chi connectivity index (χ1) is 9.32. The molecule has 0 aliphatic heterocycles. The van der Waals surface area contributed by atoms with Gasteiger partial charge in [-0.25, -0.2) is 5.48 Å². The summed E-state index contributed by atoms with van der Waals surface area (Å²) in [5.74, 6) is -0.277. The van der Waals surface area contributed by atoms with Gasteiger partial charge in [0.05, 0.1) is 5.56 Å². The van der Waals surface area contributed by atoms with Gasteiger partial charge in [0.25, 0.3) is 0 Å². The van der Waals surface area contributed by atoms with Crippen molar-refractivity contribution in [3.63, 3.8) is 0 Å². The highest BCUT2D eigenvalue weighted by Gasteiger charge is 2.33. The molecule has 0 saturated heterocycles. The molecule has 2 rings (SSSR count). The van der Waals surface area contributed by atoms with Crippen LogP contribution in [0.5, 0.6) is 0 Å². The topological polar surface area (TPSA) is 95.3 Å². The molecule has 0 radical (unpaired) electrons. The number of rotatable bonds is 2. The molecule has 0 aliphatic carbocycles. The third kappa shape index (κ3) is 4.06. The molecule has 1 heterocycles. The maximum absolute atomic E-state index is 12.7. The second-order valence-corrected chi connectivity index (χ2v) is 3.95. The van der Waals surface area contributed by atoms with E-state index < -0.39 is 17.6 Å². The fourth-order valence-corrected chi connectivity index (χ4v) is 1.64. The Morgan fingerprint density at radius 1 is 1.18 bits per heavy atom. The molecule has 10 heteroatoms. The Morgan fingerprint density at radius 2 is 1.82 bits per heavy atom. The van der Waals surface area contributed by atoms with Crippen LogP contribution in [-0.4, -0.2) is 11.0 Å². The molecule has 0 atom stereocenters. The van der Waals surface area contributed by atoms with Gasteiger partial charge in [0.2, 0.25) is 0 Å². The van der Waals surface area contributed by atoms with Crippen molar-refractivity contribution in [1.82, 2.24) is 5.48 Å². The summed E-state index contributed by atoms with van der Waals surface area (Å²) in [5, 5.41) is 15.8. The largest absolute Gasteiger partial charge is 0.453 e. The van der Waals surface area contributed by atoms with Crippen molar-refractivity contribution in [2.45, 2.75) is 6.18 Å². The number of alkyl halides is 3. The van der Waals surface area contributed by atoms with Crippen molar-refractivity contribution < 1.29 is 22.8 Å². The van der Waals surface area contributed by atoms with Gasteiger partial charge in [-0.3, -0.25) is 10.6 Å². The lowest BCUT2D eigenvalue weighted by molar-refractivity contribution is -0.136. The molecule has 1 aromatic carbocycles. The van der Waals surface area contributed by atoms with E-state index in [9.17, 15) is 13.2 Å². The minimum absolute atomic E-state index is 0. The van der Waals surface area contributed by atoms with E-state index in [0.717, 1.165) is 12.1 Å². The van der Waals surface area contributed by atoms with Crippen molar-refractivity contribution in [2.24, 2.45) is 0 Å². The Bertz CT molecular complexity index is 659. The Labute approximate surface area is 135 Å². The van der Waals surface area contributed by atoms with Crippen molar-refractivity contribution >= 4 is 36.3 Å². The lowest BCUT2D eigenvalue weighted by Gasteiger charge is -2.10. The van der Waals surface area contributed by atoms with Gasteiger partial charge in [-0.2, -0.15) is 13.2 Å². The molecule has 0 unspecified atom stereocenters. The Hall–Kier alpha value is -1.90. The normalized spacial score (nSPS) is 10.4. The quantitative estimate of drug-likeness (QED) is 0.285. The number of amidine groups is 1. The van der Waals surface area contributed by atoms with Gasteiger partial charge in [0.15, 0.2) is 11.6 Å². The zero-order valence-electron chi connectivity index (χ0n) is 10.8. The third-order valence-electron chi connectivity index (χ3n) is 2.61. The highest BCUT2D eigenvalue weighted by Crippen LogP contribution is 2.36. The summed E-state index contributed by atoms with van der Waals surface area (Å²) in [6, 6.07) is 6.13. The number of benzene rings is 1. The van der Waals surface area contributed by atoms with Crippen molar-refractivity contribution in [3.8, 4) is 11.3 Å². The molecular formula is C12H12Cl2F3N3O2. The van der Waals surface area contributed by atoms with Crippen LogP contribution in [0.15, 0.2) is 34.7 Å². The Morgan fingerprint density at radius 3 is 2.36 bits per heavy atom. The first-order valence-electron chi connectivity index (χ1n) is 5.39. The molecule has 22 heavy (non-hydrogen) atoms. The molecular weight excluding hydrogens is 346 g/mol. The van der Waals surface area contributed by atoms with Gasteiger partial charge in [-0.15, -0.1) is 24.8 Å². The van der Waals surface area contributed by atoms with Gasteiger partial charge < -0.3 is 10.2 Å². The molecule has 122 valence electrons. The summed E-state index contributed by atoms with van der Waals surface area (Å²) in [6.45, 7) is 0. The zero-order chi connectivity index (χ0) is 14.9. The minimum atomic E-state index is -4.56. The number of hydrogen-bond acceptors (Lipinski definition) is 4. The molecule has 0 fully saturated rings. The maximum Gasteiger partial charge on any atom is 0.418 e. The number of hydroxylamine groups is 1. The summed E-state index contributed by atoms with van der Waals surface area (Å²) < 4.78 is 43.4. The fourth-order valence-electron chi connectivity index (χ4n) is 1.64. The molecule has 0 spiro atoms. The predicted octanol–water partition coefficient (Wildman–Crippen LogP) is 3.70. The highest BCUT2D eigenvalue weighted by atomic mass is 35.5. The second-order valence-electron chi connectivity index (χ2n) is 3.95. The summed E-state index contributed by atoms with van der Waals surface area (Å²) in [6.07, 6.45) is -4.56. The lowest BCUT2D eigenvalue weighted by Crippen LogP contribution is -2.17. The summed E-state index contributed by atoms with van der Waals surface area (Å²) >= 11 is 0. The van der Waals surface area contributed by atoms with E-state index in [0.29, 0.717) is 0 Å². The molecule has 0 amide bonds. The average Bonchev–Trinajstić information content (AvgIpc) is 2.86. The summed E-state index contributed by atoms with van der Waals surface area (Å²) in [5.41, 5.74) is 5.72. The Balaban J connectivity index is 0.00000220. The predicted molar refractivity (Wildman–Crippen MR) is 79.8 cm³/mol. The Kier molecular flexibility index (Phi) is 6.75. The van der Waals surface area contributed by atoms with Crippen LogP contribution in [0.4, 0.5) is 18.9 Å². The van der Waals surface area contributed by atoms with Crippen LogP contribution in [-0.2, 0) is 6.18 Å². The van der Waals surface area contributed by atoms with Gasteiger partial charge >= 0.3 is 6.18 Å². The van der Waals surface area contributed by atoms with E-state index >= 15 is 0 Å². The van der Waals surface area contributed by atoms with E-state index in [2.05, 4.69) is 0 Å². The van der Waals surface area contributed by atoms with Crippen LogP contribution >= 0.6 is 24.8 Å². The molecule has 0 aliphatic rings. The molecule has 5 nitrogen and oxygen atoms in total. The molecule has 0 saturated carbocycles. The van der Waals surface area contributed by atoms with E-state index in [1.54, 1.807) is 5.48 Å². The summed E-state index contributed by atoms with van der Waals surface area (Å²) in [7, 11) is 0. The fraction of sp³-hybridized carbons (Fsp3) is 0.0833. The molecule has 2 aromatic rings. The van der Waals surface area contributed by atoms with Crippen molar-refractivity contribution in [3.05, 3.63) is 41.7 Å². The second kappa shape index (κ2) is 7.39. The number of hydrogen-bond donors (Lipinski definition) is 4. The number of nitrogen functional groups attached to an aromatic ring is 1. The SMILES string of the molecule is Cl.Cl.N=C(NO)c1ccc(-c2ccc(N)c(C(F)(F)F)c2)o1. The number of nitrogens with one attached hydrogen (secondary N) is 2. The van der Waals surface area contributed by atoms with Crippen LogP contribution in [0.1, 0.15) is 11.3 Å². The monoisotopic (exact) mass is 357 g/mol. The molecule has 0 bridgehead atoms. The lowest BCUT2D eigenvalue weighted by atomic mass is 10.1. The third-order valence-corrected chi connectivity index (χ3v) is 2.61. The number of anilines is 1. The van der Waals surface area contributed by atoms with Crippen molar-refractivity contribution in [2.75, 3.05) is 5.73 Å². The standard InChI is InChI=1S/C12H10F3N3O2.2ClH/c13-12(14,15)7-5-6(1-2-8(7)16)9-3-4-10(20-9)11(17)18-19;;/h1-5,19H,16H2,(H2,17,18);2*1H. The number of furan rings is 1. The van der Waals surface area contributed by atoms with Crippen LogP contribution in [0.3, 0.4) is 0 Å². The average molecular weight is 358 g/mol. The van der Waals surface area contributed by atoms with Gasteiger partial charge in [-0.05, 0) is 30.3 Å². The first kappa shape index (κ1) is 20.1. The van der Waals surface area contributed by atoms with E-state index in [4.69, 9.17) is 20.8 Å². The van der Waals surface area contributed by atoms with E-state index in [-0.39, 0.29) is 47.6 Å². The highest BCUT2D eigenvalue weighted by molar-refractivity contribution is 5.93. The van der Waals surface area contributed by atoms with Crippen LogP contribution < -0.4 is 11.2 Å². The van der Waals surface area contributed by atoms with E-state index in [1.807, 2.05) is 0 Å². The first-order valence-corrected chi connectivity index (χ1v) is 5.39. The van der Waals surface area contributed by atoms with Crippen LogP contribution in [0.2, 0.25) is 0 Å². The number of nitrogens with two attached hydrogens (primary N) is 1. The summed E-state index contributed by atoms with van der Waals surface area (Å²) in [4.78, 5) is 0. The van der Waals surface area contributed by atoms with Gasteiger partial charge in [0.1, 0.15) is 5.76 Å². The number of halogens is 5. The van der Waals surface area contributed by atoms with Gasteiger partial charge in [-0.1, -0.05) is 0 Å².